The van der Waals surface area contributed by atoms with Gasteiger partial charge in [-0.2, -0.15) is 0 Å². The summed E-state index contributed by atoms with van der Waals surface area (Å²) >= 11 is 0. The zero-order valence-electron chi connectivity index (χ0n) is 4.10. The lowest BCUT2D eigenvalue weighted by Gasteiger charge is -1.91. The van der Waals surface area contributed by atoms with Gasteiger partial charge in [-0.1, -0.05) is 0 Å². The molecular formula is C4H7NO2. The van der Waals surface area contributed by atoms with Gasteiger partial charge in [-0.15, -0.1) is 5.48 Å². The van der Waals surface area contributed by atoms with Crippen LogP contribution in [0.5, 0.6) is 0 Å². The second-order valence-electron chi connectivity index (χ2n) is 1.70. The Morgan fingerprint density at radius 3 is 2.86 bits per heavy atom. The molecule has 0 radical (unpaired) electrons. The average molecular weight is 101 g/mol. The van der Waals surface area contributed by atoms with E-state index in [1.54, 1.807) is 0 Å². The quantitative estimate of drug-likeness (QED) is 0.460. The van der Waals surface area contributed by atoms with E-state index in [2.05, 4.69) is 10.3 Å². The fourth-order valence-electron chi connectivity index (χ4n) is 0.500. The Morgan fingerprint density at radius 1 is 2.00 bits per heavy atom. The number of hydroxylamine groups is 1. The Morgan fingerprint density at radius 2 is 2.71 bits per heavy atom. The highest BCUT2D eigenvalue weighted by Gasteiger charge is 2.17. The fraction of sp³-hybridized carbons (Fsp3) is 0.750. The molecule has 0 aromatic heterocycles. The topological polar surface area (TPSA) is 38.3 Å². The van der Waals surface area contributed by atoms with Gasteiger partial charge in [0.2, 0.25) is 0 Å². The summed E-state index contributed by atoms with van der Waals surface area (Å²) in [5, 5.41) is 0. The van der Waals surface area contributed by atoms with Gasteiger partial charge in [0.05, 0.1) is 12.5 Å². The summed E-state index contributed by atoms with van der Waals surface area (Å²) < 4.78 is 0. The maximum absolute atomic E-state index is 10.2. The van der Waals surface area contributed by atoms with E-state index in [9.17, 15) is 4.79 Å². The molecule has 0 amide bonds. The van der Waals surface area contributed by atoms with Crippen LogP contribution in [0.15, 0.2) is 0 Å². The third kappa shape index (κ3) is 0.899. The lowest BCUT2D eigenvalue weighted by Crippen LogP contribution is -2.14. The molecular weight excluding hydrogens is 94.0 g/mol. The van der Waals surface area contributed by atoms with Gasteiger partial charge in [-0.3, -0.25) is 4.79 Å². The van der Waals surface area contributed by atoms with Crippen molar-refractivity contribution in [3.05, 3.63) is 0 Å². The summed E-state index contributed by atoms with van der Waals surface area (Å²) in [6.45, 7) is 1.89. The number of carbonyl (C=O) groups excluding carboxylic acids is 1. The van der Waals surface area contributed by atoms with Crippen LogP contribution < -0.4 is 5.48 Å². The predicted molar refractivity (Wildman–Crippen MR) is 23.3 cm³/mol. The molecule has 0 spiro atoms. The number of hydrogen-bond acceptors (Lipinski definition) is 3. The summed E-state index contributed by atoms with van der Waals surface area (Å²) in [6, 6.07) is 0.201. The van der Waals surface area contributed by atoms with Crippen LogP contribution in [0.25, 0.3) is 0 Å². The molecule has 0 bridgehead atoms. The van der Waals surface area contributed by atoms with Gasteiger partial charge >= 0.3 is 5.97 Å². The maximum atomic E-state index is 10.2. The normalized spacial score (nSPS) is 30.4. The van der Waals surface area contributed by atoms with Crippen LogP contribution >= 0.6 is 0 Å². The van der Waals surface area contributed by atoms with Crippen molar-refractivity contribution >= 4 is 5.97 Å². The number of rotatable bonds is 0. The standard InChI is InChI=1S/C4H7NO2/c1-3-2-4(6)7-5-3/h3,5H,2H2,1H3. The van der Waals surface area contributed by atoms with Gasteiger partial charge < -0.3 is 4.84 Å². The number of carbonyl (C=O) groups is 1. The first-order valence-corrected chi connectivity index (χ1v) is 2.24. The molecule has 1 unspecified atom stereocenters. The Bertz CT molecular complexity index is 91.7. The minimum Gasteiger partial charge on any atom is -0.370 e. The SMILES string of the molecule is CC1CC(=O)ON1. The van der Waals surface area contributed by atoms with Crippen LogP contribution in [0.2, 0.25) is 0 Å². The van der Waals surface area contributed by atoms with Crippen LogP contribution in [0.4, 0.5) is 0 Å². The maximum Gasteiger partial charge on any atom is 0.326 e. The highest BCUT2D eigenvalue weighted by molar-refractivity contribution is 5.71. The zero-order chi connectivity index (χ0) is 5.28. The molecule has 1 aliphatic heterocycles. The van der Waals surface area contributed by atoms with Crippen molar-refractivity contribution in [2.75, 3.05) is 0 Å². The number of nitrogens with one attached hydrogen (secondary N) is 1. The minimum atomic E-state index is -0.160. The smallest absolute Gasteiger partial charge is 0.326 e. The third-order valence-corrected chi connectivity index (χ3v) is 0.847. The molecule has 1 N–H and O–H groups in total. The molecule has 1 aliphatic rings. The molecule has 7 heavy (non-hydrogen) atoms. The van der Waals surface area contributed by atoms with Gasteiger partial charge in [-0.25, -0.2) is 0 Å². The predicted octanol–water partition coefficient (Wildman–Crippen LogP) is -0.174. The van der Waals surface area contributed by atoms with Gasteiger partial charge in [0.1, 0.15) is 0 Å². The molecule has 1 saturated heterocycles. The summed E-state index contributed by atoms with van der Waals surface area (Å²) in [5.74, 6) is -0.160. The highest BCUT2D eigenvalue weighted by Crippen LogP contribution is 1.99. The van der Waals surface area contributed by atoms with Crippen LogP contribution in [-0.4, -0.2) is 12.0 Å². The van der Waals surface area contributed by atoms with Crippen LogP contribution in [0, 0.1) is 0 Å². The third-order valence-electron chi connectivity index (χ3n) is 0.847. The molecule has 0 saturated carbocycles. The van der Waals surface area contributed by atoms with E-state index in [-0.39, 0.29) is 12.0 Å². The van der Waals surface area contributed by atoms with E-state index in [0.717, 1.165) is 0 Å². The molecule has 3 heteroatoms. The first-order chi connectivity index (χ1) is 3.29. The molecule has 3 nitrogen and oxygen atoms in total. The zero-order valence-corrected chi connectivity index (χ0v) is 4.10. The van der Waals surface area contributed by atoms with Crippen LogP contribution in [-0.2, 0) is 9.63 Å². The second kappa shape index (κ2) is 1.50. The van der Waals surface area contributed by atoms with Crippen LogP contribution in [0.3, 0.4) is 0 Å². The summed E-state index contributed by atoms with van der Waals surface area (Å²) in [6.07, 6.45) is 0.500. The lowest BCUT2D eigenvalue weighted by molar-refractivity contribution is -0.143. The van der Waals surface area contributed by atoms with Gasteiger partial charge in [-0.05, 0) is 6.92 Å². The minimum absolute atomic E-state index is 0.160. The molecule has 40 valence electrons. The fourth-order valence-corrected chi connectivity index (χ4v) is 0.500. The van der Waals surface area contributed by atoms with Crippen molar-refractivity contribution in [3.63, 3.8) is 0 Å². The molecule has 0 aliphatic carbocycles. The van der Waals surface area contributed by atoms with Gasteiger partial charge in [0.25, 0.3) is 0 Å². The van der Waals surface area contributed by atoms with E-state index < -0.39 is 0 Å². The van der Waals surface area contributed by atoms with Crippen molar-refractivity contribution in [2.24, 2.45) is 0 Å². The molecule has 1 fully saturated rings. The average Bonchev–Trinajstić information content (AvgIpc) is 1.87. The van der Waals surface area contributed by atoms with E-state index in [1.807, 2.05) is 6.92 Å². The Balaban J connectivity index is 2.40. The van der Waals surface area contributed by atoms with E-state index in [0.29, 0.717) is 6.42 Å². The molecule has 0 aromatic carbocycles. The second-order valence-corrected chi connectivity index (χ2v) is 1.70. The molecule has 0 aromatic rings. The lowest BCUT2D eigenvalue weighted by atomic mass is 10.3. The van der Waals surface area contributed by atoms with E-state index >= 15 is 0 Å². The van der Waals surface area contributed by atoms with Crippen molar-refractivity contribution in [1.82, 2.24) is 5.48 Å². The van der Waals surface area contributed by atoms with Gasteiger partial charge in [0, 0.05) is 0 Å². The van der Waals surface area contributed by atoms with Crippen molar-refractivity contribution in [1.29, 1.82) is 0 Å². The summed E-state index contributed by atoms with van der Waals surface area (Å²) in [7, 11) is 0. The van der Waals surface area contributed by atoms with Gasteiger partial charge in [0.15, 0.2) is 0 Å². The first-order valence-electron chi connectivity index (χ1n) is 2.24. The molecule has 1 rings (SSSR count). The van der Waals surface area contributed by atoms with E-state index in [1.165, 1.54) is 0 Å². The Kier molecular flexibility index (Phi) is 0.982. The van der Waals surface area contributed by atoms with Crippen molar-refractivity contribution in [3.8, 4) is 0 Å². The Labute approximate surface area is 41.6 Å². The number of hydrogen-bond donors (Lipinski definition) is 1. The molecule has 1 atom stereocenters. The summed E-state index contributed by atoms with van der Waals surface area (Å²) in [5.41, 5.74) is 2.52. The summed E-state index contributed by atoms with van der Waals surface area (Å²) in [4.78, 5) is 14.5. The van der Waals surface area contributed by atoms with Crippen molar-refractivity contribution in [2.45, 2.75) is 19.4 Å². The monoisotopic (exact) mass is 101 g/mol. The van der Waals surface area contributed by atoms with Crippen molar-refractivity contribution < 1.29 is 9.63 Å². The van der Waals surface area contributed by atoms with Crippen LogP contribution in [0.1, 0.15) is 13.3 Å². The Hall–Kier alpha value is -0.570. The molecule has 1 heterocycles. The highest BCUT2D eigenvalue weighted by atomic mass is 16.7. The van der Waals surface area contributed by atoms with E-state index in [4.69, 9.17) is 0 Å². The first kappa shape index (κ1) is 4.59. The largest absolute Gasteiger partial charge is 0.370 e.